The molecule has 19 heavy (non-hydrogen) atoms. The number of likely N-dealkylation sites (N-methyl/N-ethyl adjacent to an activating group) is 1. The fourth-order valence-corrected chi connectivity index (χ4v) is 2.10. The van der Waals surface area contributed by atoms with E-state index in [2.05, 4.69) is 0 Å². The van der Waals surface area contributed by atoms with Crippen molar-refractivity contribution in [2.24, 2.45) is 0 Å². The first-order valence-corrected chi connectivity index (χ1v) is 6.20. The highest BCUT2D eigenvalue weighted by Crippen LogP contribution is 2.22. The topological polar surface area (TPSA) is 77.9 Å². The van der Waals surface area contributed by atoms with Crippen molar-refractivity contribution >= 4 is 17.8 Å². The molecule has 6 nitrogen and oxygen atoms in total. The summed E-state index contributed by atoms with van der Waals surface area (Å²) in [6.45, 7) is 3.38. The van der Waals surface area contributed by atoms with Crippen molar-refractivity contribution in [3.63, 3.8) is 0 Å². The van der Waals surface area contributed by atoms with E-state index in [9.17, 15) is 14.4 Å². The molecule has 0 spiro atoms. The lowest BCUT2D eigenvalue weighted by atomic mass is 10.1. The largest absolute Gasteiger partial charge is 0.478 e. The zero-order valence-electron chi connectivity index (χ0n) is 11.8. The van der Waals surface area contributed by atoms with Crippen molar-refractivity contribution in [3.05, 3.63) is 11.1 Å². The number of amides is 2. The minimum atomic E-state index is -1.11. The molecule has 1 aliphatic rings. The van der Waals surface area contributed by atoms with Gasteiger partial charge in [0.15, 0.2) is 0 Å². The maximum atomic E-state index is 12.3. The van der Waals surface area contributed by atoms with Crippen molar-refractivity contribution in [2.45, 2.75) is 32.7 Å². The third-order valence-electron chi connectivity index (χ3n) is 3.44. The summed E-state index contributed by atoms with van der Waals surface area (Å²) < 4.78 is 0. The number of hydrogen-bond acceptors (Lipinski definition) is 3. The van der Waals surface area contributed by atoms with Gasteiger partial charge in [0.25, 0.3) is 5.91 Å². The fraction of sp³-hybridized carbons (Fsp3) is 0.615. The van der Waals surface area contributed by atoms with E-state index >= 15 is 0 Å². The van der Waals surface area contributed by atoms with Crippen LogP contribution in [0.1, 0.15) is 26.7 Å². The first-order chi connectivity index (χ1) is 8.77. The number of carboxylic acids is 1. The van der Waals surface area contributed by atoms with Crippen molar-refractivity contribution in [1.82, 2.24) is 9.80 Å². The lowest BCUT2D eigenvalue weighted by molar-refractivity contribution is -0.140. The van der Waals surface area contributed by atoms with Crippen LogP contribution in [0.4, 0.5) is 0 Å². The molecule has 0 aromatic heterocycles. The first kappa shape index (κ1) is 15.2. The van der Waals surface area contributed by atoms with E-state index < -0.39 is 12.0 Å². The van der Waals surface area contributed by atoms with Crippen LogP contribution in [0.25, 0.3) is 0 Å². The second-order valence-electron chi connectivity index (χ2n) is 4.94. The number of carbonyl (C=O) groups is 3. The van der Waals surface area contributed by atoms with Crippen LogP contribution in [0.5, 0.6) is 0 Å². The average Bonchev–Trinajstić information content (AvgIpc) is 2.83. The van der Waals surface area contributed by atoms with Crippen LogP contribution in [-0.4, -0.2) is 59.4 Å². The lowest BCUT2D eigenvalue weighted by Gasteiger charge is -2.26. The van der Waals surface area contributed by atoms with Gasteiger partial charge in [-0.05, 0) is 26.7 Å². The Labute approximate surface area is 112 Å². The van der Waals surface area contributed by atoms with Gasteiger partial charge in [0.2, 0.25) is 5.91 Å². The maximum absolute atomic E-state index is 12.3. The van der Waals surface area contributed by atoms with Gasteiger partial charge in [-0.15, -0.1) is 0 Å². The molecule has 0 aromatic carbocycles. The van der Waals surface area contributed by atoms with Crippen LogP contribution >= 0.6 is 0 Å². The SMILES string of the molecule is CC(C(=O)O)=C(C)C(=O)N1CCCC1C(=O)N(C)C. The third-order valence-corrected chi connectivity index (χ3v) is 3.44. The van der Waals surface area contributed by atoms with Crippen LogP contribution in [0.3, 0.4) is 0 Å². The molecule has 0 aromatic rings. The van der Waals surface area contributed by atoms with Crippen molar-refractivity contribution in [1.29, 1.82) is 0 Å². The minimum Gasteiger partial charge on any atom is -0.478 e. The molecule has 0 radical (unpaired) electrons. The van der Waals surface area contributed by atoms with Gasteiger partial charge in [0, 0.05) is 31.8 Å². The van der Waals surface area contributed by atoms with E-state index in [0.29, 0.717) is 13.0 Å². The molecule has 0 bridgehead atoms. The second-order valence-corrected chi connectivity index (χ2v) is 4.94. The van der Waals surface area contributed by atoms with Gasteiger partial charge in [-0.2, -0.15) is 0 Å². The minimum absolute atomic E-state index is 0.0213. The van der Waals surface area contributed by atoms with Crippen LogP contribution in [0.15, 0.2) is 11.1 Å². The zero-order valence-corrected chi connectivity index (χ0v) is 11.8. The molecule has 1 N–H and O–H groups in total. The molecule has 106 valence electrons. The monoisotopic (exact) mass is 268 g/mol. The van der Waals surface area contributed by atoms with Gasteiger partial charge in [0.1, 0.15) is 6.04 Å². The normalized spacial score (nSPS) is 20.0. The number of rotatable bonds is 3. The Bertz CT molecular complexity index is 440. The van der Waals surface area contributed by atoms with Crippen LogP contribution in [-0.2, 0) is 14.4 Å². The molecule has 1 unspecified atom stereocenters. The van der Waals surface area contributed by atoms with E-state index in [1.165, 1.54) is 23.6 Å². The van der Waals surface area contributed by atoms with E-state index in [-0.39, 0.29) is 23.0 Å². The molecule has 1 aliphatic heterocycles. The van der Waals surface area contributed by atoms with Gasteiger partial charge >= 0.3 is 5.97 Å². The molecule has 6 heteroatoms. The average molecular weight is 268 g/mol. The van der Waals surface area contributed by atoms with Crippen molar-refractivity contribution in [3.8, 4) is 0 Å². The Morgan fingerprint density at radius 1 is 1.16 bits per heavy atom. The van der Waals surface area contributed by atoms with Gasteiger partial charge in [-0.25, -0.2) is 4.79 Å². The molecule has 1 fully saturated rings. The van der Waals surface area contributed by atoms with E-state index in [1.54, 1.807) is 14.1 Å². The van der Waals surface area contributed by atoms with Crippen LogP contribution < -0.4 is 0 Å². The molecular weight excluding hydrogens is 248 g/mol. The Morgan fingerprint density at radius 2 is 1.74 bits per heavy atom. The highest BCUT2D eigenvalue weighted by molar-refractivity contribution is 6.03. The quantitative estimate of drug-likeness (QED) is 0.755. The Balaban J connectivity index is 2.96. The summed E-state index contributed by atoms with van der Waals surface area (Å²) in [5, 5.41) is 8.90. The van der Waals surface area contributed by atoms with Crippen LogP contribution in [0, 0.1) is 0 Å². The van der Waals surface area contributed by atoms with E-state index in [4.69, 9.17) is 5.11 Å². The number of hydrogen-bond donors (Lipinski definition) is 1. The standard InChI is InChI=1S/C13H20N2O4/c1-8(9(2)13(18)19)11(16)15-7-5-6-10(15)12(17)14(3)4/h10H,5-7H2,1-4H3,(H,18,19). The third kappa shape index (κ3) is 3.13. The summed E-state index contributed by atoms with van der Waals surface area (Å²) in [6.07, 6.45) is 1.39. The summed E-state index contributed by atoms with van der Waals surface area (Å²) in [5.74, 6) is -1.59. The summed E-state index contributed by atoms with van der Waals surface area (Å²) in [6, 6.07) is -0.473. The molecule has 1 heterocycles. The highest BCUT2D eigenvalue weighted by Gasteiger charge is 2.35. The maximum Gasteiger partial charge on any atom is 0.331 e. The zero-order chi connectivity index (χ0) is 14.7. The molecular formula is C13H20N2O4. The smallest absolute Gasteiger partial charge is 0.331 e. The fourth-order valence-electron chi connectivity index (χ4n) is 2.10. The Hall–Kier alpha value is -1.85. The predicted molar refractivity (Wildman–Crippen MR) is 69.4 cm³/mol. The number of carboxylic acid groups (broad SMARTS) is 1. The number of carbonyl (C=O) groups excluding carboxylic acids is 2. The summed E-state index contributed by atoms with van der Waals surface area (Å²) >= 11 is 0. The van der Waals surface area contributed by atoms with Gasteiger partial charge in [-0.3, -0.25) is 9.59 Å². The Kier molecular flexibility index (Phi) is 4.69. The molecule has 1 rings (SSSR count). The summed E-state index contributed by atoms with van der Waals surface area (Å²) in [4.78, 5) is 38.1. The summed E-state index contributed by atoms with van der Waals surface area (Å²) in [7, 11) is 3.29. The predicted octanol–water partition coefficient (Wildman–Crippen LogP) is 0.487. The highest BCUT2D eigenvalue weighted by atomic mass is 16.4. The number of aliphatic carboxylic acids is 1. The van der Waals surface area contributed by atoms with E-state index in [1.807, 2.05) is 0 Å². The molecule has 2 amide bonds. The van der Waals surface area contributed by atoms with Crippen molar-refractivity contribution in [2.75, 3.05) is 20.6 Å². The second kappa shape index (κ2) is 5.86. The van der Waals surface area contributed by atoms with Gasteiger partial charge in [0.05, 0.1) is 0 Å². The molecule has 0 saturated carbocycles. The van der Waals surface area contributed by atoms with Gasteiger partial charge in [-0.1, -0.05) is 0 Å². The summed E-state index contributed by atoms with van der Waals surface area (Å²) in [5.41, 5.74) is 0.207. The van der Waals surface area contributed by atoms with Gasteiger partial charge < -0.3 is 14.9 Å². The Morgan fingerprint density at radius 3 is 2.21 bits per heavy atom. The molecule has 1 saturated heterocycles. The first-order valence-electron chi connectivity index (χ1n) is 6.20. The molecule has 1 atom stereocenters. The lowest BCUT2D eigenvalue weighted by Crippen LogP contribution is -2.45. The molecule has 0 aliphatic carbocycles. The van der Waals surface area contributed by atoms with Crippen molar-refractivity contribution < 1.29 is 19.5 Å². The van der Waals surface area contributed by atoms with Crippen LogP contribution in [0.2, 0.25) is 0 Å². The number of nitrogens with zero attached hydrogens (tertiary/aromatic N) is 2. The number of likely N-dealkylation sites (tertiary alicyclic amines) is 1. The van der Waals surface area contributed by atoms with E-state index in [0.717, 1.165) is 6.42 Å².